The second-order valence-corrected chi connectivity index (χ2v) is 24.5. The molecule has 366 valence electrons. The van der Waals surface area contributed by atoms with Crippen molar-refractivity contribution < 1.29 is 13.7 Å². The molecule has 74 heavy (non-hydrogen) atoms. The summed E-state index contributed by atoms with van der Waals surface area (Å²) in [4.78, 5) is 3.75. The first kappa shape index (κ1) is 36.2. The van der Waals surface area contributed by atoms with Crippen LogP contribution < -0.4 is 9.80 Å². The number of fused-ring (bicyclic) bond motifs is 12. The highest BCUT2D eigenvalue weighted by Gasteiger charge is 2.30. The summed E-state index contributed by atoms with van der Waals surface area (Å²) in [6.45, 7) is 26.0. The quantitative estimate of drug-likeness (QED) is 0.165. The van der Waals surface area contributed by atoms with Gasteiger partial charge in [0.1, 0.15) is 0 Å². The Labute approximate surface area is 449 Å². The van der Waals surface area contributed by atoms with Crippen molar-refractivity contribution in [3.05, 3.63) is 204 Å². The van der Waals surface area contributed by atoms with Gasteiger partial charge in [-0.25, -0.2) is 0 Å². The minimum Gasteiger partial charge on any atom is -0.310 e. The molecule has 13 aromatic rings. The summed E-state index contributed by atoms with van der Waals surface area (Å²) in [5, 5.41) is 7.66. The fourth-order valence-electron chi connectivity index (χ4n) is 11.6. The summed E-state index contributed by atoms with van der Waals surface area (Å²) in [7, 11) is 0. The number of benzene rings is 9. The smallest absolute Gasteiger partial charge is 0.0645 e. The molecule has 4 heteroatoms. The largest absolute Gasteiger partial charge is 0.310 e. The summed E-state index contributed by atoms with van der Waals surface area (Å²) in [6, 6.07) is 38.6. The topological polar surface area (TPSA) is 15.3 Å². The summed E-state index contributed by atoms with van der Waals surface area (Å²) >= 11 is 0. The van der Waals surface area contributed by atoms with Crippen molar-refractivity contribution in [1.82, 2.24) is 8.80 Å². The Hall–Kier alpha value is -7.82. The summed E-state index contributed by atoms with van der Waals surface area (Å²) < 4.78 is 95.8. The maximum Gasteiger partial charge on any atom is 0.0645 e. The standard InChI is InChI=1S/C70H66N4/c1-67(2,3)43-21-19-27-49(37-43)71(47-23-15-13-16-24-47)59-35-31-51-53-41-62-54(42-61(53)73-57-33-29-45(69(7,8)9)39-55(57)63(59)65(51)73)52-32-36-60(64-56-40-46(70(10,11)12)30-34-58(56)74(62)66(52)64)72(48-25-17-14-18-26-48)50-28-20-22-44(38-50)68(4,5)6/h13-42H,1-12H3/i13D,14D,15D,16D,17D,18D,23D,24D,25D,26D. The molecular formula is C70H66N4. The van der Waals surface area contributed by atoms with E-state index in [0.29, 0.717) is 22.7 Å². The zero-order valence-electron chi connectivity index (χ0n) is 54.3. The van der Waals surface area contributed by atoms with Crippen molar-refractivity contribution >= 4 is 110 Å². The van der Waals surface area contributed by atoms with Crippen molar-refractivity contribution in [2.75, 3.05) is 9.80 Å². The third kappa shape index (κ3) is 6.94. The van der Waals surface area contributed by atoms with Crippen LogP contribution in [-0.4, -0.2) is 8.80 Å². The van der Waals surface area contributed by atoms with Gasteiger partial charge in [0.25, 0.3) is 0 Å². The van der Waals surface area contributed by atoms with E-state index in [2.05, 4.69) is 189 Å². The van der Waals surface area contributed by atoms with E-state index in [0.717, 1.165) is 98.4 Å². The number of hydrogen-bond donors (Lipinski definition) is 0. The molecule has 4 aromatic heterocycles. The lowest BCUT2D eigenvalue weighted by atomic mass is 9.86. The van der Waals surface area contributed by atoms with Crippen molar-refractivity contribution in [2.24, 2.45) is 0 Å². The Bertz CT molecular complexity index is 4600. The van der Waals surface area contributed by atoms with Crippen LogP contribution in [0.25, 0.3) is 76.2 Å². The molecule has 0 amide bonds. The molecule has 0 aliphatic rings. The van der Waals surface area contributed by atoms with Gasteiger partial charge in [-0.1, -0.05) is 168 Å². The van der Waals surface area contributed by atoms with E-state index >= 15 is 0 Å². The van der Waals surface area contributed by atoms with Gasteiger partial charge in [-0.3, -0.25) is 0 Å². The zero-order chi connectivity index (χ0) is 60.1. The van der Waals surface area contributed by atoms with Crippen LogP contribution in [0.2, 0.25) is 0 Å². The molecule has 0 fully saturated rings. The van der Waals surface area contributed by atoms with Crippen LogP contribution in [-0.2, 0) is 21.7 Å². The fraction of sp³-hybridized carbons (Fsp3) is 0.229. The molecule has 0 aliphatic heterocycles. The molecule has 4 heterocycles. The van der Waals surface area contributed by atoms with Gasteiger partial charge in [-0.05, 0) is 141 Å². The van der Waals surface area contributed by atoms with Crippen molar-refractivity contribution in [3.63, 3.8) is 0 Å². The van der Waals surface area contributed by atoms with Crippen molar-refractivity contribution in [3.8, 4) is 0 Å². The summed E-state index contributed by atoms with van der Waals surface area (Å²) in [6.07, 6.45) is 0. The van der Waals surface area contributed by atoms with Gasteiger partial charge in [0, 0.05) is 65.8 Å². The van der Waals surface area contributed by atoms with E-state index in [9.17, 15) is 5.48 Å². The molecule has 0 saturated carbocycles. The van der Waals surface area contributed by atoms with E-state index in [1.807, 2.05) is 34.1 Å². The van der Waals surface area contributed by atoms with Crippen molar-refractivity contribution in [2.45, 2.75) is 105 Å². The van der Waals surface area contributed by atoms with Gasteiger partial charge in [0.15, 0.2) is 0 Å². The molecule has 0 N–H and O–H groups in total. The molecule has 13 rings (SSSR count). The average Bonchev–Trinajstić information content (AvgIpc) is 1.70. The Kier molecular flexibility index (Phi) is 7.74. The molecular weight excluding hydrogens is 897 g/mol. The monoisotopic (exact) mass is 973 g/mol. The SMILES string of the molecule is [2H]c1c([2H])c([2H])c(N(c2cccc(C(C)(C)C)c2)c2ccc3c4cc5c(cc4n4c6ccc(C(C)(C)C)cc6c2c34)c2ccc(N(c3cccc(C(C)(C)C)c3)c3c([2H])c([2H])c([2H])c([2H])c3[2H])c3c4cc(C(C)(C)C)ccc4n5c23)c([2H])c1[2H]. The molecule has 9 aromatic carbocycles. The highest BCUT2D eigenvalue weighted by atomic mass is 15.2. The maximum atomic E-state index is 9.50. The van der Waals surface area contributed by atoms with Crippen LogP contribution in [0.15, 0.2) is 182 Å². The average molecular weight is 973 g/mol. The highest BCUT2D eigenvalue weighted by molar-refractivity contribution is 6.32. The van der Waals surface area contributed by atoms with Gasteiger partial charge < -0.3 is 18.6 Å². The predicted octanol–water partition coefficient (Wildman–Crippen LogP) is 20.1. The van der Waals surface area contributed by atoms with Crippen LogP contribution in [0, 0.1) is 0 Å². The maximum absolute atomic E-state index is 9.50. The minimum atomic E-state index is -0.456. The zero-order valence-corrected chi connectivity index (χ0v) is 44.3. The number of hydrogen-bond acceptors (Lipinski definition) is 2. The first-order valence-corrected chi connectivity index (χ1v) is 25.8. The third-order valence-electron chi connectivity index (χ3n) is 15.5. The summed E-state index contributed by atoms with van der Waals surface area (Å²) in [5.74, 6) is 0. The Morgan fingerprint density at radius 3 is 1.05 bits per heavy atom. The van der Waals surface area contributed by atoms with Gasteiger partial charge in [-0.2, -0.15) is 0 Å². The van der Waals surface area contributed by atoms with Gasteiger partial charge >= 0.3 is 0 Å². The fourth-order valence-corrected chi connectivity index (χ4v) is 11.6. The predicted molar refractivity (Wildman–Crippen MR) is 320 cm³/mol. The third-order valence-corrected chi connectivity index (χ3v) is 15.5. The second kappa shape index (κ2) is 15.8. The van der Waals surface area contributed by atoms with Crippen molar-refractivity contribution in [1.29, 1.82) is 0 Å². The minimum absolute atomic E-state index is 0.0610. The number of aromatic nitrogens is 2. The molecule has 0 aliphatic carbocycles. The molecule has 0 bridgehead atoms. The second-order valence-electron chi connectivity index (χ2n) is 24.5. The Morgan fingerprint density at radius 1 is 0.324 bits per heavy atom. The van der Waals surface area contributed by atoms with Crippen LogP contribution in [0.3, 0.4) is 0 Å². The van der Waals surface area contributed by atoms with Gasteiger partial charge in [0.2, 0.25) is 0 Å². The number of anilines is 6. The lowest BCUT2D eigenvalue weighted by Crippen LogP contribution is -2.14. The molecule has 0 spiro atoms. The molecule has 0 saturated heterocycles. The molecule has 0 unspecified atom stereocenters. The van der Waals surface area contributed by atoms with Gasteiger partial charge in [-0.15, -0.1) is 0 Å². The van der Waals surface area contributed by atoms with Crippen LogP contribution in [0.4, 0.5) is 34.1 Å². The van der Waals surface area contributed by atoms with E-state index in [1.165, 1.54) is 0 Å². The van der Waals surface area contributed by atoms with E-state index in [4.69, 9.17) is 8.22 Å². The van der Waals surface area contributed by atoms with Gasteiger partial charge in [0.05, 0.1) is 58.2 Å². The summed E-state index contributed by atoms with van der Waals surface area (Å²) in [5.41, 5.74) is 11.8. The van der Waals surface area contributed by atoms with Crippen LogP contribution >= 0.6 is 0 Å². The van der Waals surface area contributed by atoms with Crippen LogP contribution in [0.5, 0.6) is 0 Å². The highest BCUT2D eigenvalue weighted by Crippen LogP contribution is 2.52. The lowest BCUT2D eigenvalue weighted by molar-refractivity contribution is 0.590. The van der Waals surface area contributed by atoms with Crippen LogP contribution in [0.1, 0.15) is 119 Å². The lowest BCUT2D eigenvalue weighted by Gasteiger charge is -2.28. The Balaban J connectivity index is 1.17. The van der Waals surface area contributed by atoms with E-state index in [-0.39, 0.29) is 57.2 Å². The number of para-hydroxylation sites is 2. The first-order chi connectivity index (χ1) is 39.4. The molecule has 4 nitrogen and oxygen atoms in total. The van der Waals surface area contributed by atoms with E-state index < -0.39 is 36.3 Å². The van der Waals surface area contributed by atoms with E-state index in [1.54, 1.807) is 0 Å². The number of nitrogens with zero attached hydrogens (tertiary/aromatic N) is 4. The molecule has 0 radical (unpaired) electrons. The normalized spacial score (nSPS) is 15.0. The Morgan fingerprint density at radius 2 is 0.689 bits per heavy atom. The number of rotatable bonds is 6. The molecule has 0 atom stereocenters. The first-order valence-electron chi connectivity index (χ1n) is 30.8.